The predicted octanol–water partition coefficient (Wildman–Crippen LogP) is 2.07. The molecule has 2 aromatic rings. The average molecular weight is 328 g/mol. The van der Waals surface area contributed by atoms with Gasteiger partial charge < -0.3 is 21.7 Å². The lowest BCUT2D eigenvalue weighted by molar-refractivity contribution is 0.243. The van der Waals surface area contributed by atoms with Crippen LogP contribution >= 0.6 is 0 Å². The molecule has 0 saturated carbocycles. The third-order valence-electron chi connectivity index (χ3n) is 3.80. The molecule has 0 bridgehead atoms. The normalized spacial score (nSPS) is 10.3. The highest BCUT2D eigenvalue weighted by molar-refractivity contribution is 5.73. The number of anilines is 2. The Kier molecular flexibility index (Phi) is 5.95. The minimum atomic E-state index is -0.182. The number of benzene rings is 1. The highest BCUT2D eigenvalue weighted by Gasteiger charge is 2.08. The van der Waals surface area contributed by atoms with Crippen LogP contribution in [0.15, 0.2) is 24.3 Å². The molecule has 0 atom stereocenters. The number of aryl methyl sites for hydroxylation is 1. The van der Waals surface area contributed by atoms with Gasteiger partial charge >= 0.3 is 6.03 Å². The van der Waals surface area contributed by atoms with Crippen molar-refractivity contribution in [1.29, 1.82) is 0 Å². The number of hydrogen-bond acceptors (Lipinski definition) is 5. The topological polar surface area (TPSA) is 105 Å². The zero-order chi connectivity index (χ0) is 17.5. The van der Waals surface area contributed by atoms with Crippen LogP contribution in [0.2, 0.25) is 0 Å². The second-order valence-electron chi connectivity index (χ2n) is 5.53. The third kappa shape index (κ3) is 4.58. The number of urea groups is 1. The van der Waals surface area contributed by atoms with Crippen LogP contribution in [0, 0.1) is 13.8 Å². The maximum absolute atomic E-state index is 11.1. The van der Waals surface area contributed by atoms with E-state index < -0.39 is 0 Å². The van der Waals surface area contributed by atoms with E-state index in [0.29, 0.717) is 18.9 Å². The van der Waals surface area contributed by atoms with Crippen LogP contribution in [0.5, 0.6) is 0 Å². The first-order valence-corrected chi connectivity index (χ1v) is 7.92. The summed E-state index contributed by atoms with van der Waals surface area (Å²) < 4.78 is 0. The van der Waals surface area contributed by atoms with Crippen LogP contribution in [0.25, 0.3) is 11.3 Å². The Morgan fingerprint density at radius 1 is 1.21 bits per heavy atom. The molecule has 7 nitrogen and oxygen atoms in total. The van der Waals surface area contributed by atoms with Crippen molar-refractivity contribution in [2.24, 2.45) is 0 Å². The summed E-state index contributed by atoms with van der Waals surface area (Å²) in [5, 5.41) is 8.46. The highest BCUT2D eigenvalue weighted by atomic mass is 16.2. The van der Waals surface area contributed by atoms with Gasteiger partial charge in [0.1, 0.15) is 5.82 Å². The molecule has 24 heavy (non-hydrogen) atoms. The molecule has 0 radical (unpaired) electrons. The van der Waals surface area contributed by atoms with Crippen molar-refractivity contribution in [1.82, 2.24) is 20.6 Å². The number of nitrogen functional groups attached to an aromatic ring is 1. The Hall–Kier alpha value is -2.83. The molecular formula is C17H24N6O. The summed E-state index contributed by atoms with van der Waals surface area (Å²) in [4.78, 5) is 19.6. The van der Waals surface area contributed by atoms with Crippen LogP contribution in [0.1, 0.15) is 17.5 Å². The van der Waals surface area contributed by atoms with Crippen LogP contribution < -0.4 is 21.7 Å². The third-order valence-corrected chi connectivity index (χ3v) is 3.80. The van der Waals surface area contributed by atoms with Gasteiger partial charge in [0.25, 0.3) is 0 Å². The predicted molar refractivity (Wildman–Crippen MR) is 96.9 cm³/mol. The summed E-state index contributed by atoms with van der Waals surface area (Å²) >= 11 is 0. The fourth-order valence-corrected chi connectivity index (χ4v) is 2.32. The summed E-state index contributed by atoms with van der Waals surface area (Å²) in [5.74, 6) is 0.915. The minimum absolute atomic E-state index is 0.182. The van der Waals surface area contributed by atoms with Gasteiger partial charge in [-0.05, 0) is 31.4 Å². The van der Waals surface area contributed by atoms with Crippen molar-refractivity contribution in [2.75, 3.05) is 31.2 Å². The molecule has 128 valence electrons. The van der Waals surface area contributed by atoms with E-state index in [2.05, 4.69) is 45.8 Å². The fourth-order valence-electron chi connectivity index (χ4n) is 2.32. The number of aromatic nitrogens is 2. The molecule has 0 aliphatic carbocycles. The lowest BCUT2D eigenvalue weighted by Crippen LogP contribution is -2.33. The van der Waals surface area contributed by atoms with E-state index in [1.807, 2.05) is 18.2 Å². The second kappa shape index (κ2) is 8.14. The SMILES string of the molecule is CNC(=O)NCCCNc1cc(-c2cccc(C)c2C)nc(N)n1. The first kappa shape index (κ1) is 17.5. The van der Waals surface area contributed by atoms with E-state index in [1.165, 1.54) is 11.1 Å². The van der Waals surface area contributed by atoms with Crippen molar-refractivity contribution in [3.05, 3.63) is 35.4 Å². The van der Waals surface area contributed by atoms with Gasteiger partial charge in [-0.2, -0.15) is 4.98 Å². The Balaban J connectivity index is 2.04. The standard InChI is InChI=1S/C17H24N6O/c1-11-6-4-7-13(12(11)2)14-10-15(23-16(18)22-14)20-8-5-9-21-17(24)19-3/h4,6-7,10H,5,8-9H2,1-3H3,(H2,19,21,24)(H3,18,20,22,23). The van der Waals surface area contributed by atoms with Crippen LogP contribution in [0.3, 0.4) is 0 Å². The van der Waals surface area contributed by atoms with Gasteiger partial charge in [-0.1, -0.05) is 18.2 Å². The number of rotatable bonds is 6. The van der Waals surface area contributed by atoms with Gasteiger partial charge in [0.2, 0.25) is 5.95 Å². The zero-order valence-electron chi connectivity index (χ0n) is 14.3. The second-order valence-corrected chi connectivity index (χ2v) is 5.53. The van der Waals surface area contributed by atoms with E-state index in [9.17, 15) is 4.79 Å². The molecule has 1 heterocycles. The van der Waals surface area contributed by atoms with Crippen molar-refractivity contribution >= 4 is 17.8 Å². The first-order chi connectivity index (χ1) is 11.5. The van der Waals surface area contributed by atoms with Gasteiger partial charge in [0, 0.05) is 31.8 Å². The van der Waals surface area contributed by atoms with E-state index in [0.717, 1.165) is 17.7 Å². The number of amides is 2. The monoisotopic (exact) mass is 328 g/mol. The summed E-state index contributed by atoms with van der Waals surface area (Å²) in [7, 11) is 1.59. The summed E-state index contributed by atoms with van der Waals surface area (Å²) in [6.07, 6.45) is 0.774. The molecule has 1 aromatic carbocycles. The first-order valence-electron chi connectivity index (χ1n) is 7.92. The molecule has 0 aliphatic rings. The molecule has 5 N–H and O–H groups in total. The molecule has 1 aromatic heterocycles. The maximum atomic E-state index is 11.1. The van der Waals surface area contributed by atoms with E-state index in [4.69, 9.17) is 5.73 Å². The number of hydrogen-bond donors (Lipinski definition) is 4. The molecule has 0 fully saturated rings. The number of nitrogens with one attached hydrogen (secondary N) is 3. The molecule has 2 amide bonds. The smallest absolute Gasteiger partial charge is 0.314 e. The average Bonchev–Trinajstić information content (AvgIpc) is 2.56. The lowest BCUT2D eigenvalue weighted by atomic mass is 10.0. The lowest BCUT2D eigenvalue weighted by Gasteiger charge is -2.11. The molecule has 0 unspecified atom stereocenters. The molecule has 2 rings (SSSR count). The molecule has 0 spiro atoms. The molecular weight excluding hydrogens is 304 g/mol. The zero-order valence-corrected chi connectivity index (χ0v) is 14.3. The van der Waals surface area contributed by atoms with Gasteiger partial charge in [-0.3, -0.25) is 0 Å². The van der Waals surface area contributed by atoms with E-state index in [-0.39, 0.29) is 12.0 Å². The quantitative estimate of drug-likeness (QED) is 0.608. The highest BCUT2D eigenvalue weighted by Crippen LogP contribution is 2.25. The van der Waals surface area contributed by atoms with Crippen molar-refractivity contribution in [3.8, 4) is 11.3 Å². The van der Waals surface area contributed by atoms with Gasteiger partial charge in [0.05, 0.1) is 5.69 Å². The van der Waals surface area contributed by atoms with Crippen LogP contribution in [-0.2, 0) is 0 Å². The molecule has 0 saturated heterocycles. The Morgan fingerprint density at radius 2 is 2.00 bits per heavy atom. The van der Waals surface area contributed by atoms with Gasteiger partial charge in [-0.25, -0.2) is 9.78 Å². The summed E-state index contributed by atoms with van der Waals surface area (Å²) in [5.41, 5.74) is 10.1. The number of nitrogens with two attached hydrogens (primary N) is 1. The van der Waals surface area contributed by atoms with E-state index in [1.54, 1.807) is 7.05 Å². The minimum Gasteiger partial charge on any atom is -0.370 e. The van der Waals surface area contributed by atoms with Gasteiger partial charge in [0.15, 0.2) is 0 Å². The Morgan fingerprint density at radius 3 is 2.75 bits per heavy atom. The van der Waals surface area contributed by atoms with Crippen molar-refractivity contribution in [3.63, 3.8) is 0 Å². The van der Waals surface area contributed by atoms with E-state index >= 15 is 0 Å². The van der Waals surface area contributed by atoms with Crippen LogP contribution in [0.4, 0.5) is 16.6 Å². The van der Waals surface area contributed by atoms with Gasteiger partial charge in [-0.15, -0.1) is 0 Å². The maximum Gasteiger partial charge on any atom is 0.314 e. The Labute approximate surface area is 142 Å². The largest absolute Gasteiger partial charge is 0.370 e. The summed E-state index contributed by atoms with van der Waals surface area (Å²) in [6.45, 7) is 5.40. The Bertz CT molecular complexity index is 716. The molecule has 0 aliphatic heterocycles. The number of nitrogens with zero attached hydrogens (tertiary/aromatic N) is 2. The molecule has 7 heteroatoms. The fraction of sp³-hybridized carbons (Fsp3) is 0.353. The number of carbonyl (C=O) groups is 1. The van der Waals surface area contributed by atoms with Crippen molar-refractivity contribution < 1.29 is 4.79 Å². The van der Waals surface area contributed by atoms with Crippen LogP contribution in [-0.4, -0.2) is 36.1 Å². The summed E-state index contributed by atoms with van der Waals surface area (Å²) in [6, 6.07) is 7.82. The number of carbonyl (C=O) groups excluding carboxylic acids is 1. The van der Waals surface area contributed by atoms with Crippen molar-refractivity contribution in [2.45, 2.75) is 20.3 Å².